The molecule has 3 aromatic rings. The normalized spacial score (nSPS) is 10.6. The van der Waals surface area contributed by atoms with E-state index in [9.17, 15) is 0 Å². The SMILES string of the molecule is C=C(Cl)CSc1nnc(-c2ccccc2OC)n1-c1ccccc1. The van der Waals surface area contributed by atoms with Gasteiger partial charge in [-0.2, -0.15) is 0 Å². The maximum Gasteiger partial charge on any atom is 0.196 e. The van der Waals surface area contributed by atoms with Crippen LogP contribution in [-0.2, 0) is 0 Å². The Hall–Kier alpha value is -2.24. The van der Waals surface area contributed by atoms with Crippen LogP contribution in [0.4, 0.5) is 0 Å². The number of nitrogens with zero attached hydrogens (tertiary/aromatic N) is 3. The third-order valence-electron chi connectivity index (χ3n) is 3.35. The van der Waals surface area contributed by atoms with Crippen molar-refractivity contribution in [3.05, 3.63) is 66.2 Å². The van der Waals surface area contributed by atoms with Crippen LogP contribution in [0, 0.1) is 0 Å². The Morgan fingerprint density at radius 1 is 1.12 bits per heavy atom. The van der Waals surface area contributed by atoms with Gasteiger partial charge in [-0.15, -0.1) is 10.2 Å². The smallest absolute Gasteiger partial charge is 0.196 e. The lowest BCUT2D eigenvalue weighted by Crippen LogP contribution is -2.01. The number of aromatic nitrogens is 3. The van der Waals surface area contributed by atoms with Crippen LogP contribution in [0.15, 0.2) is 71.4 Å². The fraction of sp³-hybridized carbons (Fsp3) is 0.111. The van der Waals surface area contributed by atoms with Crippen LogP contribution in [-0.4, -0.2) is 27.6 Å². The maximum absolute atomic E-state index is 5.90. The second-order valence-corrected chi connectivity index (χ2v) is 6.46. The minimum Gasteiger partial charge on any atom is -0.496 e. The summed E-state index contributed by atoms with van der Waals surface area (Å²) in [5, 5.41) is 10.0. The molecule has 2 aromatic carbocycles. The van der Waals surface area contributed by atoms with Gasteiger partial charge in [-0.3, -0.25) is 4.57 Å². The summed E-state index contributed by atoms with van der Waals surface area (Å²) in [5.41, 5.74) is 1.86. The predicted molar refractivity (Wildman–Crippen MR) is 99.1 cm³/mol. The molecule has 0 aliphatic heterocycles. The number of para-hydroxylation sites is 2. The number of rotatable bonds is 6. The molecule has 0 atom stereocenters. The Labute approximate surface area is 150 Å². The number of benzene rings is 2. The molecule has 0 bridgehead atoms. The third-order valence-corrected chi connectivity index (χ3v) is 4.66. The Morgan fingerprint density at radius 3 is 2.54 bits per heavy atom. The molecule has 3 rings (SSSR count). The minimum absolute atomic E-state index is 0.568. The van der Waals surface area contributed by atoms with Crippen molar-refractivity contribution in [2.45, 2.75) is 5.16 Å². The summed E-state index contributed by atoms with van der Waals surface area (Å²) in [7, 11) is 1.65. The van der Waals surface area contributed by atoms with Crippen molar-refractivity contribution in [3.63, 3.8) is 0 Å². The van der Waals surface area contributed by atoms with Crippen molar-refractivity contribution in [1.82, 2.24) is 14.8 Å². The highest BCUT2D eigenvalue weighted by Gasteiger charge is 2.18. The highest BCUT2D eigenvalue weighted by Crippen LogP contribution is 2.33. The molecule has 0 amide bonds. The van der Waals surface area contributed by atoms with E-state index in [1.54, 1.807) is 7.11 Å². The lowest BCUT2D eigenvalue weighted by Gasteiger charge is -2.12. The molecule has 0 spiro atoms. The van der Waals surface area contributed by atoms with Crippen LogP contribution in [0.2, 0.25) is 0 Å². The summed E-state index contributed by atoms with van der Waals surface area (Å²) in [6.07, 6.45) is 0. The van der Waals surface area contributed by atoms with Gasteiger partial charge in [0.05, 0.1) is 12.7 Å². The van der Waals surface area contributed by atoms with E-state index in [-0.39, 0.29) is 0 Å². The van der Waals surface area contributed by atoms with E-state index in [0.717, 1.165) is 28.0 Å². The Kier molecular flexibility index (Phi) is 5.23. The van der Waals surface area contributed by atoms with E-state index >= 15 is 0 Å². The highest BCUT2D eigenvalue weighted by atomic mass is 35.5. The molecule has 1 heterocycles. The van der Waals surface area contributed by atoms with Gasteiger partial charge in [-0.1, -0.05) is 60.3 Å². The van der Waals surface area contributed by atoms with Crippen molar-refractivity contribution >= 4 is 23.4 Å². The second-order valence-electron chi connectivity index (χ2n) is 4.98. The topological polar surface area (TPSA) is 39.9 Å². The van der Waals surface area contributed by atoms with Gasteiger partial charge in [0.25, 0.3) is 0 Å². The van der Waals surface area contributed by atoms with Gasteiger partial charge in [0, 0.05) is 16.5 Å². The van der Waals surface area contributed by atoms with Crippen molar-refractivity contribution in [2.24, 2.45) is 0 Å². The fourth-order valence-electron chi connectivity index (χ4n) is 2.32. The number of thioether (sulfide) groups is 1. The molecule has 4 nitrogen and oxygen atoms in total. The maximum atomic E-state index is 5.90. The van der Waals surface area contributed by atoms with Crippen molar-refractivity contribution < 1.29 is 4.74 Å². The summed E-state index contributed by atoms with van der Waals surface area (Å²) >= 11 is 7.40. The van der Waals surface area contributed by atoms with Gasteiger partial charge in [0.15, 0.2) is 11.0 Å². The molecule has 0 saturated heterocycles. The summed E-state index contributed by atoms with van der Waals surface area (Å²) in [6, 6.07) is 17.7. The summed E-state index contributed by atoms with van der Waals surface area (Å²) in [6.45, 7) is 3.73. The van der Waals surface area contributed by atoms with E-state index < -0.39 is 0 Å². The number of ether oxygens (including phenoxy) is 1. The standard InChI is InChI=1S/C18H16ClN3OS/c1-13(19)12-24-18-21-20-17(15-10-6-7-11-16(15)23-2)22(18)14-8-4-3-5-9-14/h3-11H,1,12H2,2H3. The van der Waals surface area contributed by atoms with Gasteiger partial charge >= 0.3 is 0 Å². The van der Waals surface area contributed by atoms with Crippen LogP contribution in [0.1, 0.15) is 0 Å². The van der Waals surface area contributed by atoms with E-state index in [4.69, 9.17) is 16.3 Å². The summed E-state index contributed by atoms with van der Waals surface area (Å²) < 4.78 is 7.48. The average Bonchev–Trinajstić information content (AvgIpc) is 3.04. The van der Waals surface area contributed by atoms with Crippen LogP contribution in [0.25, 0.3) is 17.1 Å². The molecular weight excluding hydrogens is 342 g/mol. The first-order valence-electron chi connectivity index (χ1n) is 7.31. The summed E-state index contributed by atoms with van der Waals surface area (Å²) in [4.78, 5) is 0. The lowest BCUT2D eigenvalue weighted by atomic mass is 10.2. The Morgan fingerprint density at radius 2 is 1.83 bits per heavy atom. The first-order chi connectivity index (χ1) is 11.7. The zero-order chi connectivity index (χ0) is 16.9. The predicted octanol–water partition coefficient (Wildman–Crippen LogP) is 4.79. The van der Waals surface area contributed by atoms with E-state index in [1.807, 2.05) is 59.2 Å². The van der Waals surface area contributed by atoms with Crippen LogP contribution in [0.5, 0.6) is 5.75 Å². The van der Waals surface area contributed by atoms with E-state index in [2.05, 4.69) is 16.8 Å². The molecule has 0 aliphatic carbocycles. The molecule has 0 saturated carbocycles. The first-order valence-corrected chi connectivity index (χ1v) is 8.67. The fourth-order valence-corrected chi connectivity index (χ4v) is 3.19. The molecule has 0 unspecified atom stereocenters. The molecular formula is C18H16ClN3OS. The van der Waals surface area contributed by atoms with Gasteiger partial charge in [-0.05, 0) is 24.3 Å². The zero-order valence-electron chi connectivity index (χ0n) is 13.1. The second kappa shape index (κ2) is 7.55. The van der Waals surface area contributed by atoms with Crippen molar-refractivity contribution in [1.29, 1.82) is 0 Å². The highest BCUT2D eigenvalue weighted by molar-refractivity contribution is 7.99. The van der Waals surface area contributed by atoms with E-state index in [1.165, 1.54) is 11.8 Å². The lowest BCUT2D eigenvalue weighted by molar-refractivity contribution is 0.416. The van der Waals surface area contributed by atoms with Crippen LogP contribution < -0.4 is 4.74 Å². The molecule has 122 valence electrons. The largest absolute Gasteiger partial charge is 0.496 e. The number of halogens is 1. The van der Waals surface area contributed by atoms with Gasteiger partial charge in [0.2, 0.25) is 0 Å². The summed E-state index contributed by atoms with van der Waals surface area (Å²) in [5.74, 6) is 2.04. The first kappa shape index (κ1) is 16.6. The zero-order valence-corrected chi connectivity index (χ0v) is 14.7. The Balaban J connectivity index is 2.14. The van der Waals surface area contributed by atoms with Crippen LogP contribution >= 0.6 is 23.4 Å². The quantitative estimate of drug-likeness (QED) is 0.595. The average molecular weight is 358 g/mol. The minimum atomic E-state index is 0.568. The van der Waals surface area contributed by atoms with Gasteiger partial charge in [-0.25, -0.2) is 0 Å². The molecule has 0 N–H and O–H groups in total. The Bertz CT molecular complexity index is 848. The van der Waals surface area contributed by atoms with Gasteiger partial charge < -0.3 is 4.74 Å². The third kappa shape index (κ3) is 3.47. The molecule has 0 radical (unpaired) electrons. The molecule has 6 heteroatoms. The van der Waals surface area contributed by atoms with Gasteiger partial charge in [0.1, 0.15) is 5.75 Å². The molecule has 0 aliphatic rings. The molecule has 0 fully saturated rings. The van der Waals surface area contributed by atoms with E-state index in [0.29, 0.717) is 10.8 Å². The van der Waals surface area contributed by atoms with Crippen LogP contribution in [0.3, 0.4) is 0 Å². The molecule has 24 heavy (non-hydrogen) atoms. The number of hydrogen-bond acceptors (Lipinski definition) is 4. The van der Waals surface area contributed by atoms with Crippen molar-refractivity contribution in [3.8, 4) is 22.8 Å². The number of hydrogen-bond donors (Lipinski definition) is 0. The number of methoxy groups -OCH3 is 1. The van der Waals surface area contributed by atoms with Crippen molar-refractivity contribution in [2.75, 3.05) is 12.9 Å². The monoisotopic (exact) mass is 357 g/mol. The molecule has 1 aromatic heterocycles.